The van der Waals surface area contributed by atoms with Crippen molar-refractivity contribution in [2.24, 2.45) is 5.92 Å². The molecule has 11 heavy (non-hydrogen) atoms. The van der Waals surface area contributed by atoms with E-state index in [9.17, 15) is 5.11 Å². The first-order valence-electron chi connectivity index (χ1n) is 4.94. The average Bonchev–Trinajstić information content (AvgIpc) is 2.05. The summed E-state index contributed by atoms with van der Waals surface area (Å²) < 4.78 is 0. The van der Waals surface area contributed by atoms with Gasteiger partial charge in [0.1, 0.15) is 0 Å². The van der Waals surface area contributed by atoms with Crippen LogP contribution in [-0.2, 0) is 0 Å². The van der Waals surface area contributed by atoms with Crippen LogP contribution in [0.4, 0.5) is 0 Å². The van der Waals surface area contributed by atoms with Gasteiger partial charge in [-0.25, -0.2) is 0 Å². The zero-order chi connectivity index (χ0) is 8.69. The van der Waals surface area contributed by atoms with Crippen molar-refractivity contribution >= 4 is 0 Å². The quantitative estimate of drug-likeness (QED) is 0.630. The van der Waals surface area contributed by atoms with Crippen LogP contribution in [0.15, 0.2) is 0 Å². The summed E-state index contributed by atoms with van der Waals surface area (Å²) in [6.07, 6.45) is 5.66. The topological polar surface area (TPSA) is 20.2 Å². The van der Waals surface area contributed by atoms with Gasteiger partial charge in [0.05, 0.1) is 6.10 Å². The van der Waals surface area contributed by atoms with Gasteiger partial charge in [0.2, 0.25) is 0 Å². The summed E-state index contributed by atoms with van der Waals surface area (Å²) in [6.45, 7) is 6.42. The third-order valence-electron chi connectivity index (χ3n) is 2.42. The zero-order valence-corrected chi connectivity index (χ0v) is 8.14. The Hall–Kier alpha value is -0.0400. The summed E-state index contributed by atoms with van der Waals surface area (Å²) in [4.78, 5) is 0. The Kier molecular flexibility index (Phi) is 6.63. The fraction of sp³-hybridized carbons (Fsp3) is 1.00. The maximum atomic E-state index is 9.54. The predicted molar refractivity (Wildman–Crippen MR) is 49.6 cm³/mol. The van der Waals surface area contributed by atoms with Gasteiger partial charge in [0.25, 0.3) is 0 Å². The van der Waals surface area contributed by atoms with E-state index in [4.69, 9.17) is 0 Å². The lowest BCUT2D eigenvalue weighted by atomic mass is 9.92. The summed E-state index contributed by atoms with van der Waals surface area (Å²) in [5.74, 6) is 0.542. The highest BCUT2D eigenvalue weighted by Crippen LogP contribution is 2.18. The molecule has 0 heterocycles. The van der Waals surface area contributed by atoms with E-state index < -0.39 is 0 Å². The minimum atomic E-state index is -0.0634. The van der Waals surface area contributed by atoms with Crippen LogP contribution in [0.1, 0.15) is 52.9 Å². The highest BCUT2D eigenvalue weighted by atomic mass is 16.3. The molecule has 0 aromatic carbocycles. The standard InChI is InChI=1S/C10H22O/c1-4-7-8-9(5-2)10(11)6-3/h9-11H,4-8H2,1-3H3/t9-,10+/m0/s1. The maximum Gasteiger partial charge on any atom is 0.0565 e. The molecule has 0 bridgehead atoms. The third kappa shape index (κ3) is 4.41. The lowest BCUT2D eigenvalue weighted by Crippen LogP contribution is -2.18. The molecule has 0 fully saturated rings. The van der Waals surface area contributed by atoms with Crippen molar-refractivity contribution in [2.45, 2.75) is 59.0 Å². The van der Waals surface area contributed by atoms with E-state index in [-0.39, 0.29) is 6.10 Å². The van der Waals surface area contributed by atoms with Crippen LogP contribution in [0.25, 0.3) is 0 Å². The van der Waals surface area contributed by atoms with E-state index >= 15 is 0 Å². The molecule has 0 saturated carbocycles. The van der Waals surface area contributed by atoms with Gasteiger partial charge in [-0.2, -0.15) is 0 Å². The second-order valence-electron chi connectivity index (χ2n) is 3.29. The van der Waals surface area contributed by atoms with Crippen LogP contribution >= 0.6 is 0 Å². The number of hydrogen-bond donors (Lipinski definition) is 1. The molecule has 0 saturated heterocycles. The second-order valence-corrected chi connectivity index (χ2v) is 3.29. The zero-order valence-electron chi connectivity index (χ0n) is 8.14. The van der Waals surface area contributed by atoms with Gasteiger partial charge in [-0.15, -0.1) is 0 Å². The van der Waals surface area contributed by atoms with Crippen LogP contribution in [0, 0.1) is 5.92 Å². The first-order valence-corrected chi connectivity index (χ1v) is 4.94. The summed E-state index contributed by atoms with van der Waals surface area (Å²) >= 11 is 0. The molecule has 0 aliphatic heterocycles. The SMILES string of the molecule is CCCC[C@H](CC)[C@H](O)CC. The van der Waals surface area contributed by atoms with Gasteiger partial charge < -0.3 is 5.11 Å². The minimum Gasteiger partial charge on any atom is -0.393 e. The van der Waals surface area contributed by atoms with Crippen molar-refractivity contribution in [2.75, 3.05) is 0 Å². The number of aliphatic hydroxyl groups excluding tert-OH is 1. The van der Waals surface area contributed by atoms with Crippen molar-refractivity contribution in [3.63, 3.8) is 0 Å². The first-order chi connectivity index (χ1) is 5.26. The summed E-state index contributed by atoms with van der Waals surface area (Å²) in [7, 11) is 0. The molecule has 0 spiro atoms. The highest BCUT2D eigenvalue weighted by Gasteiger charge is 2.13. The van der Waals surface area contributed by atoms with E-state index in [1.165, 1.54) is 19.3 Å². The second kappa shape index (κ2) is 6.66. The molecule has 1 heteroatoms. The summed E-state index contributed by atoms with van der Waals surface area (Å²) in [6, 6.07) is 0. The summed E-state index contributed by atoms with van der Waals surface area (Å²) in [5, 5.41) is 9.54. The fourth-order valence-electron chi connectivity index (χ4n) is 1.47. The fourth-order valence-corrected chi connectivity index (χ4v) is 1.47. The molecule has 0 aromatic heterocycles. The van der Waals surface area contributed by atoms with E-state index in [0.29, 0.717) is 5.92 Å². The van der Waals surface area contributed by atoms with E-state index in [2.05, 4.69) is 20.8 Å². The molecule has 0 aromatic rings. The number of rotatable bonds is 6. The number of aliphatic hydroxyl groups is 1. The normalized spacial score (nSPS) is 16.4. The van der Waals surface area contributed by atoms with Crippen LogP contribution in [-0.4, -0.2) is 11.2 Å². The molecule has 0 unspecified atom stereocenters. The van der Waals surface area contributed by atoms with Crippen LogP contribution in [0.2, 0.25) is 0 Å². The molecule has 1 nitrogen and oxygen atoms in total. The monoisotopic (exact) mass is 158 g/mol. The Balaban J connectivity index is 3.56. The Morgan fingerprint density at radius 3 is 2.09 bits per heavy atom. The van der Waals surface area contributed by atoms with Crippen molar-refractivity contribution in [1.29, 1.82) is 0 Å². The predicted octanol–water partition coefficient (Wildman–Crippen LogP) is 2.97. The van der Waals surface area contributed by atoms with Gasteiger partial charge in [0, 0.05) is 0 Å². The van der Waals surface area contributed by atoms with Crippen molar-refractivity contribution in [3.05, 3.63) is 0 Å². The highest BCUT2D eigenvalue weighted by molar-refractivity contribution is 4.65. The van der Waals surface area contributed by atoms with Crippen LogP contribution in [0.5, 0.6) is 0 Å². The Labute approximate surface area is 70.8 Å². The summed E-state index contributed by atoms with van der Waals surface area (Å²) in [5.41, 5.74) is 0. The van der Waals surface area contributed by atoms with Gasteiger partial charge in [0.15, 0.2) is 0 Å². The molecule has 0 amide bonds. The number of unbranched alkanes of at least 4 members (excludes halogenated alkanes) is 1. The van der Waals surface area contributed by atoms with Crippen LogP contribution in [0.3, 0.4) is 0 Å². The first kappa shape index (κ1) is 11.0. The Morgan fingerprint density at radius 2 is 1.73 bits per heavy atom. The average molecular weight is 158 g/mol. The van der Waals surface area contributed by atoms with Gasteiger partial charge in [-0.3, -0.25) is 0 Å². The molecule has 2 atom stereocenters. The third-order valence-corrected chi connectivity index (χ3v) is 2.42. The van der Waals surface area contributed by atoms with Crippen LogP contribution < -0.4 is 0 Å². The van der Waals surface area contributed by atoms with Gasteiger partial charge in [-0.1, -0.05) is 40.0 Å². The van der Waals surface area contributed by atoms with E-state index in [0.717, 1.165) is 12.8 Å². The largest absolute Gasteiger partial charge is 0.393 e. The van der Waals surface area contributed by atoms with Gasteiger partial charge >= 0.3 is 0 Å². The van der Waals surface area contributed by atoms with E-state index in [1.54, 1.807) is 0 Å². The number of hydrogen-bond acceptors (Lipinski definition) is 1. The molecule has 0 aliphatic carbocycles. The Bertz CT molecular complexity index is 80.9. The van der Waals surface area contributed by atoms with E-state index in [1.807, 2.05) is 0 Å². The smallest absolute Gasteiger partial charge is 0.0565 e. The van der Waals surface area contributed by atoms with Crippen molar-refractivity contribution in [3.8, 4) is 0 Å². The minimum absolute atomic E-state index is 0.0634. The van der Waals surface area contributed by atoms with Gasteiger partial charge in [-0.05, 0) is 18.8 Å². The molecule has 1 N–H and O–H groups in total. The molecular formula is C10H22O. The molecule has 0 rings (SSSR count). The molecular weight excluding hydrogens is 136 g/mol. The molecule has 68 valence electrons. The van der Waals surface area contributed by atoms with Crippen molar-refractivity contribution in [1.82, 2.24) is 0 Å². The molecule has 0 aliphatic rings. The lowest BCUT2D eigenvalue weighted by Gasteiger charge is -2.19. The Morgan fingerprint density at radius 1 is 1.09 bits per heavy atom. The molecule has 0 radical (unpaired) electrons. The lowest BCUT2D eigenvalue weighted by molar-refractivity contribution is 0.0949. The van der Waals surface area contributed by atoms with Crippen molar-refractivity contribution < 1.29 is 5.11 Å². The maximum absolute atomic E-state index is 9.54.